The van der Waals surface area contributed by atoms with E-state index in [4.69, 9.17) is 9.47 Å². The largest absolute Gasteiger partial charge is 0.479 e. The van der Waals surface area contributed by atoms with Crippen LogP contribution in [0.2, 0.25) is 0 Å². The van der Waals surface area contributed by atoms with Crippen molar-refractivity contribution in [1.29, 1.82) is 0 Å². The van der Waals surface area contributed by atoms with Crippen LogP contribution in [0.3, 0.4) is 0 Å². The molecule has 1 fully saturated rings. The first-order valence-electron chi connectivity index (χ1n) is 9.31. The summed E-state index contributed by atoms with van der Waals surface area (Å²) in [4.78, 5) is 35.2. The Kier molecular flexibility index (Phi) is 6.88. The molecule has 8 nitrogen and oxygen atoms in total. The van der Waals surface area contributed by atoms with Gasteiger partial charge in [0.25, 0.3) is 0 Å². The van der Waals surface area contributed by atoms with Crippen LogP contribution in [0.5, 0.6) is 0 Å². The third-order valence-corrected chi connectivity index (χ3v) is 4.42. The molecule has 1 aliphatic rings. The van der Waals surface area contributed by atoms with Gasteiger partial charge in [-0.2, -0.15) is 0 Å². The number of carbonyl (C=O) groups is 3. The molecule has 1 aliphatic carbocycles. The second-order valence-electron chi connectivity index (χ2n) is 7.94. The molecule has 28 heavy (non-hydrogen) atoms. The zero-order valence-electron chi connectivity index (χ0n) is 16.5. The number of amides is 2. The summed E-state index contributed by atoms with van der Waals surface area (Å²) in [5, 5.41) is 14.6. The quantitative estimate of drug-likeness (QED) is 0.586. The Balaban J connectivity index is 1.67. The number of aliphatic carboxylic acids is 1. The standard InChI is InChI=1S/C20H28N2O6/c1-19(2,3)28-18(26)22-20(16(23)24)12-15(20)10-7-11-21-17(25)27-13-14-8-5-4-6-9-14/h4-6,8-9,15H,7,10-13H2,1-3H3,(H,21,25)(H,22,26)(H,23,24)/t15-,20-/m1/s1. The fourth-order valence-electron chi connectivity index (χ4n) is 2.95. The molecule has 2 rings (SSSR count). The van der Waals surface area contributed by atoms with E-state index in [1.807, 2.05) is 30.3 Å². The molecule has 0 unspecified atom stereocenters. The van der Waals surface area contributed by atoms with E-state index in [9.17, 15) is 19.5 Å². The van der Waals surface area contributed by atoms with Crippen LogP contribution >= 0.6 is 0 Å². The average Bonchev–Trinajstić information content (AvgIpc) is 3.30. The lowest BCUT2D eigenvalue weighted by molar-refractivity contribution is -0.141. The maximum atomic E-state index is 11.9. The van der Waals surface area contributed by atoms with Gasteiger partial charge in [-0.25, -0.2) is 14.4 Å². The topological polar surface area (TPSA) is 114 Å². The van der Waals surface area contributed by atoms with Gasteiger partial charge in [0.1, 0.15) is 17.7 Å². The maximum Gasteiger partial charge on any atom is 0.408 e. The van der Waals surface area contributed by atoms with Crippen molar-refractivity contribution in [3.8, 4) is 0 Å². The van der Waals surface area contributed by atoms with Crippen LogP contribution in [-0.4, -0.2) is 40.9 Å². The van der Waals surface area contributed by atoms with Crippen molar-refractivity contribution in [3.63, 3.8) is 0 Å². The molecule has 0 spiro atoms. The molecule has 3 N–H and O–H groups in total. The molecule has 0 saturated heterocycles. The lowest BCUT2D eigenvalue weighted by Gasteiger charge is -2.22. The van der Waals surface area contributed by atoms with E-state index in [0.717, 1.165) is 5.56 Å². The molecule has 1 aromatic carbocycles. The summed E-state index contributed by atoms with van der Waals surface area (Å²) >= 11 is 0. The van der Waals surface area contributed by atoms with E-state index >= 15 is 0 Å². The molecule has 2 atom stereocenters. The Bertz CT molecular complexity index is 700. The van der Waals surface area contributed by atoms with Crippen molar-refractivity contribution in [2.45, 2.75) is 57.8 Å². The summed E-state index contributed by atoms with van der Waals surface area (Å²) in [7, 11) is 0. The molecule has 0 aromatic heterocycles. The van der Waals surface area contributed by atoms with Crippen LogP contribution in [0, 0.1) is 5.92 Å². The molecule has 0 heterocycles. The number of rotatable bonds is 8. The lowest BCUT2D eigenvalue weighted by atomic mass is 10.1. The molecular weight excluding hydrogens is 364 g/mol. The number of benzene rings is 1. The zero-order chi connectivity index (χ0) is 20.8. The van der Waals surface area contributed by atoms with Crippen molar-refractivity contribution in [2.75, 3.05) is 6.54 Å². The highest BCUT2D eigenvalue weighted by Crippen LogP contribution is 2.47. The van der Waals surface area contributed by atoms with Crippen LogP contribution < -0.4 is 10.6 Å². The summed E-state index contributed by atoms with van der Waals surface area (Å²) < 4.78 is 10.3. The van der Waals surface area contributed by atoms with Gasteiger partial charge in [-0.3, -0.25) is 0 Å². The van der Waals surface area contributed by atoms with Crippen molar-refractivity contribution in [1.82, 2.24) is 10.6 Å². The predicted octanol–water partition coefficient (Wildman–Crippen LogP) is 3.06. The molecule has 0 aliphatic heterocycles. The van der Waals surface area contributed by atoms with E-state index in [1.54, 1.807) is 20.8 Å². The van der Waals surface area contributed by atoms with Gasteiger partial charge in [0.15, 0.2) is 0 Å². The summed E-state index contributed by atoms with van der Waals surface area (Å²) in [6.07, 6.45) is 0.230. The van der Waals surface area contributed by atoms with Gasteiger partial charge in [-0.1, -0.05) is 30.3 Å². The summed E-state index contributed by atoms with van der Waals surface area (Å²) in [5.74, 6) is -1.27. The van der Waals surface area contributed by atoms with Crippen LogP contribution in [0.4, 0.5) is 9.59 Å². The highest BCUT2D eigenvalue weighted by atomic mass is 16.6. The number of hydrogen-bond donors (Lipinski definition) is 3. The van der Waals surface area contributed by atoms with Crippen molar-refractivity contribution < 1.29 is 29.0 Å². The van der Waals surface area contributed by atoms with Gasteiger partial charge in [0.2, 0.25) is 0 Å². The molecule has 0 bridgehead atoms. The van der Waals surface area contributed by atoms with Crippen molar-refractivity contribution in [3.05, 3.63) is 35.9 Å². The monoisotopic (exact) mass is 392 g/mol. The smallest absolute Gasteiger partial charge is 0.408 e. The fourth-order valence-corrected chi connectivity index (χ4v) is 2.95. The number of alkyl carbamates (subject to hydrolysis) is 2. The Hall–Kier alpha value is -2.77. The number of ether oxygens (including phenoxy) is 2. The van der Waals surface area contributed by atoms with Gasteiger partial charge >= 0.3 is 18.2 Å². The van der Waals surface area contributed by atoms with Crippen LogP contribution in [0.25, 0.3) is 0 Å². The molecule has 2 amide bonds. The first kappa shape index (κ1) is 21.5. The second-order valence-corrected chi connectivity index (χ2v) is 7.94. The SMILES string of the molecule is CC(C)(C)OC(=O)N[C@]1(C(=O)O)C[C@H]1CCCNC(=O)OCc1ccccc1. The normalized spacial score (nSPS) is 20.8. The van der Waals surface area contributed by atoms with Gasteiger partial charge in [0, 0.05) is 6.54 Å². The Morgan fingerprint density at radius 3 is 2.46 bits per heavy atom. The van der Waals surface area contributed by atoms with Crippen LogP contribution in [0.15, 0.2) is 30.3 Å². The first-order chi connectivity index (χ1) is 13.1. The molecule has 8 heteroatoms. The van der Waals surface area contributed by atoms with E-state index in [2.05, 4.69) is 10.6 Å². The summed E-state index contributed by atoms with van der Waals surface area (Å²) in [5.41, 5.74) is -1.08. The van der Waals surface area contributed by atoms with Gasteiger partial charge in [-0.05, 0) is 51.5 Å². The Labute approximate surface area is 164 Å². The third-order valence-electron chi connectivity index (χ3n) is 4.42. The minimum atomic E-state index is -1.28. The number of carboxylic acids is 1. The minimum absolute atomic E-state index is 0.192. The van der Waals surface area contributed by atoms with Gasteiger partial charge < -0.3 is 25.2 Å². The van der Waals surface area contributed by atoms with Crippen LogP contribution in [0.1, 0.15) is 45.6 Å². The molecule has 0 radical (unpaired) electrons. The number of carboxylic acid groups (broad SMARTS) is 1. The van der Waals surface area contributed by atoms with E-state index in [1.165, 1.54) is 0 Å². The second kappa shape index (κ2) is 8.95. The maximum absolute atomic E-state index is 11.9. The molecule has 1 aromatic rings. The predicted molar refractivity (Wildman–Crippen MR) is 102 cm³/mol. The number of hydrogen-bond acceptors (Lipinski definition) is 5. The Morgan fingerprint density at radius 2 is 1.86 bits per heavy atom. The molecule has 154 valence electrons. The number of nitrogens with one attached hydrogen (secondary N) is 2. The average molecular weight is 392 g/mol. The van der Waals surface area contributed by atoms with Gasteiger partial charge in [0.05, 0.1) is 0 Å². The highest BCUT2D eigenvalue weighted by Gasteiger charge is 2.61. The van der Waals surface area contributed by atoms with Crippen LogP contribution in [-0.2, 0) is 20.9 Å². The summed E-state index contributed by atoms with van der Waals surface area (Å²) in [6.45, 7) is 5.70. The fraction of sp³-hybridized carbons (Fsp3) is 0.550. The minimum Gasteiger partial charge on any atom is -0.479 e. The lowest BCUT2D eigenvalue weighted by Crippen LogP contribution is -2.47. The zero-order valence-corrected chi connectivity index (χ0v) is 16.5. The summed E-state index contributed by atoms with van der Waals surface area (Å²) in [6, 6.07) is 9.35. The Morgan fingerprint density at radius 1 is 1.18 bits per heavy atom. The van der Waals surface area contributed by atoms with E-state index < -0.39 is 29.3 Å². The molecular formula is C20H28N2O6. The van der Waals surface area contributed by atoms with Crippen molar-refractivity contribution >= 4 is 18.2 Å². The highest BCUT2D eigenvalue weighted by molar-refractivity contribution is 5.88. The molecule has 1 saturated carbocycles. The van der Waals surface area contributed by atoms with Crippen molar-refractivity contribution in [2.24, 2.45) is 5.92 Å². The van der Waals surface area contributed by atoms with Gasteiger partial charge in [-0.15, -0.1) is 0 Å². The first-order valence-corrected chi connectivity index (χ1v) is 9.31. The third kappa shape index (κ3) is 6.44. The van der Waals surface area contributed by atoms with E-state index in [0.29, 0.717) is 25.8 Å². The van der Waals surface area contributed by atoms with E-state index in [-0.39, 0.29) is 12.5 Å². The number of carbonyl (C=O) groups excluding carboxylic acids is 2.